The number of amides is 1. The molecule has 0 bridgehead atoms. The number of primary amides is 1. The Morgan fingerprint density at radius 1 is 1.08 bits per heavy atom. The highest BCUT2D eigenvalue weighted by molar-refractivity contribution is 5.76. The van der Waals surface area contributed by atoms with Crippen LogP contribution in [0.15, 0.2) is 12.1 Å². The van der Waals surface area contributed by atoms with Gasteiger partial charge in [0.15, 0.2) is 0 Å². The molecule has 25 heavy (non-hydrogen) atoms. The summed E-state index contributed by atoms with van der Waals surface area (Å²) in [6, 6.07) is 4.33. The molecule has 2 rings (SSSR count). The van der Waals surface area contributed by atoms with Gasteiger partial charge in [0, 0.05) is 35.4 Å². The van der Waals surface area contributed by atoms with Crippen LogP contribution in [0.3, 0.4) is 0 Å². The summed E-state index contributed by atoms with van der Waals surface area (Å²) < 4.78 is 0. The van der Waals surface area contributed by atoms with Crippen LogP contribution in [-0.2, 0) is 22.2 Å². The number of phenolic OH excluding ortho intramolecular Hbond substituents is 1. The predicted molar refractivity (Wildman–Crippen MR) is 102 cm³/mol. The van der Waals surface area contributed by atoms with E-state index in [-0.39, 0.29) is 22.7 Å². The van der Waals surface area contributed by atoms with Gasteiger partial charge < -0.3 is 15.7 Å². The van der Waals surface area contributed by atoms with Crippen molar-refractivity contribution in [2.24, 2.45) is 11.7 Å². The monoisotopic (exact) mass is 347 g/mol. The molecule has 4 nitrogen and oxygen atoms in total. The number of nitrogens with one attached hydrogen (secondary N) is 1. The molecule has 1 saturated heterocycles. The number of carbonyl (C=O) groups is 1. The van der Waals surface area contributed by atoms with Gasteiger partial charge >= 0.3 is 0 Å². The molecule has 4 N–H and O–H groups in total. The molecule has 1 heterocycles. The zero-order valence-corrected chi connectivity index (χ0v) is 16.7. The van der Waals surface area contributed by atoms with Crippen molar-refractivity contribution in [3.8, 4) is 5.75 Å². The minimum Gasteiger partial charge on any atom is -0.507 e. The lowest BCUT2D eigenvalue weighted by Crippen LogP contribution is -3.11. The van der Waals surface area contributed by atoms with E-state index in [4.69, 9.17) is 5.73 Å². The third-order valence-electron chi connectivity index (χ3n) is 5.33. The molecule has 0 atom stereocenters. The maximum atomic E-state index is 11.4. The van der Waals surface area contributed by atoms with Gasteiger partial charge in [-0.05, 0) is 23.0 Å². The van der Waals surface area contributed by atoms with Crippen molar-refractivity contribution in [1.82, 2.24) is 0 Å². The van der Waals surface area contributed by atoms with Gasteiger partial charge in [-0.1, -0.05) is 41.5 Å². The summed E-state index contributed by atoms with van der Waals surface area (Å²) >= 11 is 0. The lowest BCUT2D eigenvalue weighted by atomic mass is 9.78. The van der Waals surface area contributed by atoms with Crippen molar-refractivity contribution in [2.75, 3.05) is 13.1 Å². The van der Waals surface area contributed by atoms with Gasteiger partial charge in [0.25, 0.3) is 0 Å². The smallest absolute Gasteiger partial charge is 0.220 e. The Balaban J connectivity index is 2.28. The fourth-order valence-corrected chi connectivity index (χ4v) is 3.72. The van der Waals surface area contributed by atoms with Crippen LogP contribution in [0.5, 0.6) is 5.75 Å². The van der Waals surface area contributed by atoms with E-state index in [1.165, 1.54) is 10.5 Å². The van der Waals surface area contributed by atoms with Crippen molar-refractivity contribution in [3.63, 3.8) is 0 Å². The molecule has 1 amide bonds. The molecule has 1 aromatic rings. The highest BCUT2D eigenvalue weighted by Gasteiger charge is 2.29. The number of hydrogen-bond acceptors (Lipinski definition) is 2. The molecule has 0 radical (unpaired) electrons. The Morgan fingerprint density at radius 2 is 1.52 bits per heavy atom. The molecule has 0 aliphatic carbocycles. The SMILES string of the molecule is CC(C)(C)c1cc(C[NH+]2CCC(C(N)=O)CC2)cc(C(C)(C)C)c1O. The number of benzene rings is 1. The van der Waals surface area contributed by atoms with Gasteiger partial charge in [-0.15, -0.1) is 0 Å². The highest BCUT2D eigenvalue weighted by atomic mass is 16.3. The first kappa shape index (κ1) is 19.8. The second kappa shape index (κ2) is 6.99. The zero-order chi connectivity index (χ0) is 19.0. The van der Waals surface area contributed by atoms with Gasteiger partial charge in [-0.25, -0.2) is 0 Å². The topological polar surface area (TPSA) is 67.8 Å². The molecule has 1 aliphatic rings. The second-order valence-corrected chi connectivity index (χ2v) is 9.64. The normalized spacial score (nSPS) is 22.0. The van der Waals surface area contributed by atoms with Crippen molar-refractivity contribution in [1.29, 1.82) is 0 Å². The van der Waals surface area contributed by atoms with Crippen LogP contribution in [-0.4, -0.2) is 24.1 Å². The standard InChI is InChI=1S/C21H34N2O2/c1-20(2,3)16-11-14(12-17(18(16)24)21(4,5)6)13-23-9-7-15(8-10-23)19(22)25/h11-12,15,24H,7-10,13H2,1-6H3,(H2,22,25)/p+1. The molecule has 0 unspecified atom stereocenters. The minimum absolute atomic E-state index is 0.0406. The molecule has 0 aromatic heterocycles. The molecule has 140 valence electrons. The Morgan fingerprint density at radius 3 is 1.88 bits per heavy atom. The Hall–Kier alpha value is -1.55. The Kier molecular flexibility index (Phi) is 5.53. The molecule has 1 aromatic carbocycles. The number of rotatable bonds is 3. The number of quaternary nitrogens is 1. The first-order chi connectivity index (χ1) is 11.4. The van der Waals surface area contributed by atoms with Crippen LogP contribution in [0.1, 0.15) is 71.1 Å². The van der Waals surface area contributed by atoms with Gasteiger partial charge in [-0.3, -0.25) is 4.79 Å². The van der Waals surface area contributed by atoms with Crippen LogP contribution in [0.25, 0.3) is 0 Å². The largest absolute Gasteiger partial charge is 0.507 e. The molecule has 1 fully saturated rings. The maximum absolute atomic E-state index is 11.4. The Bertz CT molecular complexity index is 595. The molecule has 1 aliphatic heterocycles. The van der Waals surface area contributed by atoms with E-state index in [2.05, 4.69) is 53.7 Å². The first-order valence-corrected chi connectivity index (χ1v) is 9.39. The van der Waals surface area contributed by atoms with Gasteiger partial charge in [0.05, 0.1) is 13.1 Å². The van der Waals surface area contributed by atoms with Gasteiger partial charge in [0.1, 0.15) is 12.3 Å². The summed E-state index contributed by atoms with van der Waals surface area (Å²) in [5.41, 5.74) is 8.53. The summed E-state index contributed by atoms with van der Waals surface area (Å²) in [6.45, 7) is 15.7. The summed E-state index contributed by atoms with van der Waals surface area (Å²) in [4.78, 5) is 12.8. The third-order valence-corrected chi connectivity index (χ3v) is 5.33. The lowest BCUT2D eigenvalue weighted by molar-refractivity contribution is -0.919. The lowest BCUT2D eigenvalue weighted by Gasteiger charge is -2.30. The van der Waals surface area contributed by atoms with Gasteiger partial charge in [-0.2, -0.15) is 0 Å². The number of phenols is 1. The zero-order valence-electron chi connectivity index (χ0n) is 16.7. The van der Waals surface area contributed by atoms with E-state index in [0.29, 0.717) is 5.75 Å². The van der Waals surface area contributed by atoms with Crippen molar-refractivity contribution >= 4 is 5.91 Å². The molecule has 4 heteroatoms. The Labute approximate surface area is 152 Å². The molecule has 0 spiro atoms. The summed E-state index contributed by atoms with van der Waals surface area (Å²) in [7, 11) is 0. The third kappa shape index (κ3) is 4.75. The van der Waals surface area contributed by atoms with Crippen molar-refractivity contribution in [2.45, 2.75) is 71.8 Å². The van der Waals surface area contributed by atoms with Crippen LogP contribution >= 0.6 is 0 Å². The van der Waals surface area contributed by atoms with Crippen LogP contribution in [0.2, 0.25) is 0 Å². The summed E-state index contributed by atoms with van der Waals surface area (Å²) in [6.07, 6.45) is 1.75. The number of aromatic hydroxyl groups is 1. The number of likely N-dealkylation sites (tertiary alicyclic amines) is 1. The van der Waals surface area contributed by atoms with Crippen molar-refractivity contribution in [3.05, 3.63) is 28.8 Å². The van der Waals surface area contributed by atoms with Crippen LogP contribution < -0.4 is 10.6 Å². The minimum atomic E-state index is -0.159. The molecular weight excluding hydrogens is 312 g/mol. The van der Waals surface area contributed by atoms with E-state index in [0.717, 1.165) is 43.6 Å². The maximum Gasteiger partial charge on any atom is 0.220 e. The predicted octanol–water partition coefficient (Wildman–Crippen LogP) is 2.27. The number of carbonyl (C=O) groups excluding carboxylic acids is 1. The van der Waals surface area contributed by atoms with Crippen LogP contribution in [0.4, 0.5) is 0 Å². The van der Waals surface area contributed by atoms with E-state index in [1.807, 2.05) is 0 Å². The quantitative estimate of drug-likeness (QED) is 0.785. The van der Waals surface area contributed by atoms with E-state index >= 15 is 0 Å². The first-order valence-electron chi connectivity index (χ1n) is 9.39. The van der Waals surface area contributed by atoms with Crippen molar-refractivity contribution < 1.29 is 14.8 Å². The summed E-state index contributed by atoms with van der Waals surface area (Å²) in [5.74, 6) is 0.318. The molecular formula is C21H35N2O2+. The van der Waals surface area contributed by atoms with E-state index in [1.54, 1.807) is 0 Å². The average molecular weight is 348 g/mol. The van der Waals surface area contributed by atoms with E-state index in [9.17, 15) is 9.90 Å². The fourth-order valence-electron chi connectivity index (χ4n) is 3.72. The summed E-state index contributed by atoms with van der Waals surface area (Å²) in [5, 5.41) is 10.8. The highest BCUT2D eigenvalue weighted by Crippen LogP contribution is 2.39. The van der Waals surface area contributed by atoms with E-state index < -0.39 is 0 Å². The second-order valence-electron chi connectivity index (χ2n) is 9.64. The number of hydrogen-bond donors (Lipinski definition) is 3. The van der Waals surface area contributed by atoms with Gasteiger partial charge in [0.2, 0.25) is 5.91 Å². The number of piperidine rings is 1. The fraction of sp³-hybridized carbons (Fsp3) is 0.667. The molecule has 0 saturated carbocycles. The number of nitrogens with two attached hydrogens (primary N) is 1. The van der Waals surface area contributed by atoms with Crippen LogP contribution in [0, 0.1) is 5.92 Å². The average Bonchev–Trinajstić information content (AvgIpc) is 2.47.